The summed E-state index contributed by atoms with van der Waals surface area (Å²) in [6.45, 7) is 3.96. The van der Waals surface area contributed by atoms with Crippen molar-refractivity contribution in [1.29, 1.82) is 5.26 Å². The highest BCUT2D eigenvalue weighted by Gasteiger charge is 2.35. The Morgan fingerprint density at radius 1 is 1.00 bits per heavy atom. The molecule has 0 spiro atoms. The zero-order valence-electron chi connectivity index (χ0n) is 22.0. The summed E-state index contributed by atoms with van der Waals surface area (Å²) in [6.07, 6.45) is 6.06. The normalized spacial score (nSPS) is 14.7. The molecule has 0 unspecified atom stereocenters. The van der Waals surface area contributed by atoms with E-state index in [4.69, 9.17) is 14.6 Å². The predicted molar refractivity (Wildman–Crippen MR) is 145 cm³/mol. The van der Waals surface area contributed by atoms with Crippen LogP contribution in [0.1, 0.15) is 38.7 Å². The molecule has 2 heterocycles. The number of nitriles is 1. The van der Waals surface area contributed by atoms with Crippen molar-refractivity contribution in [2.45, 2.75) is 33.1 Å². The van der Waals surface area contributed by atoms with Crippen LogP contribution in [0.25, 0.3) is 23.0 Å². The topological polar surface area (TPSA) is 97.5 Å². The van der Waals surface area contributed by atoms with Crippen LogP contribution < -0.4 is 9.47 Å². The molecule has 0 N–H and O–H groups in total. The van der Waals surface area contributed by atoms with E-state index >= 15 is 0 Å². The molecule has 0 bridgehead atoms. The Balaban J connectivity index is 1.89. The van der Waals surface area contributed by atoms with Gasteiger partial charge in [-0.05, 0) is 55.3 Å². The number of methoxy groups -OCH3 is 2. The number of unbranched alkanes of at least 4 members (excludes halogenated alkanes) is 2. The van der Waals surface area contributed by atoms with Gasteiger partial charge in [0.2, 0.25) is 0 Å². The minimum absolute atomic E-state index is 0.0181. The van der Waals surface area contributed by atoms with Gasteiger partial charge in [0.05, 0.1) is 19.9 Å². The van der Waals surface area contributed by atoms with E-state index in [0.717, 1.165) is 24.1 Å². The molecule has 0 fully saturated rings. The van der Waals surface area contributed by atoms with Gasteiger partial charge in [-0.25, -0.2) is 4.68 Å². The number of amides is 2. The molecule has 1 aromatic heterocycles. The summed E-state index contributed by atoms with van der Waals surface area (Å²) in [5.74, 6) is 0.179. The fourth-order valence-electron chi connectivity index (χ4n) is 4.42. The van der Waals surface area contributed by atoms with Crippen LogP contribution >= 0.6 is 0 Å². The number of imide groups is 1. The Kier molecular flexibility index (Phi) is 8.07. The first kappa shape index (κ1) is 26.4. The molecule has 1 aliphatic heterocycles. The van der Waals surface area contributed by atoms with Gasteiger partial charge in [0, 0.05) is 29.4 Å². The van der Waals surface area contributed by atoms with E-state index in [1.807, 2.05) is 54.7 Å². The summed E-state index contributed by atoms with van der Waals surface area (Å²) in [6, 6.07) is 17.1. The number of aromatic nitrogens is 2. The number of carbonyl (C=O) groups is 2. The first-order chi connectivity index (χ1) is 18.4. The monoisotopic (exact) mass is 510 g/mol. The highest BCUT2D eigenvalue weighted by atomic mass is 16.5. The van der Waals surface area contributed by atoms with Crippen molar-refractivity contribution in [3.8, 4) is 34.5 Å². The molecule has 4 rings (SSSR count). The van der Waals surface area contributed by atoms with E-state index in [1.165, 1.54) is 4.90 Å². The standard InChI is InChI=1S/C30H30N4O4/c1-5-6-10-15-33-29(35)24(20(2)25(18-31)30(33)36)16-22-19-34(23-11-8-7-9-12-23)32-28(22)21-13-14-26(37-3)27(17-21)38-4/h7-9,11-14,16-17,19H,5-6,10,15H2,1-4H3/b24-16+. The predicted octanol–water partition coefficient (Wildman–Crippen LogP) is 5.34. The second-order valence-electron chi connectivity index (χ2n) is 8.92. The number of para-hydroxylation sites is 1. The lowest BCUT2D eigenvalue weighted by Gasteiger charge is -2.27. The van der Waals surface area contributed by atoms with E-state index in [1.54, 1.807) is 38.0 Å². The van der Waals surface area contributed by atoms with E-state index in [9.17, 15) is 14.9 Å². The van der Waals surface area contributed by atoms with Crippen molar-refractivity contribution in [3.05, 3.63) is 77.0 Å². The minimum atomic E-state index is -0.539. The molecule has 0 saturated carbocycles. The Morgan fingerprint density at radius 3 is 2.39 bits per heavy atom. The third-order valence-electron chi connectivity index (χ3n) is 6.53. The van der Waals surface area contributed by atoms with Gasteiger partial charge in [0.25, 0.3) is 11.8 Å². The quantitative estimate of drug-likeness (QED) is 0.219. The molecule has 2 aromatic carbocycles. The van der Waals surface area contributed by atoms with Gasteiger partial charge >= 0.3 is 0 Å². The maximum atomic E-state index is 13.5. The lowest BCUT2D eigenvalue weighted by Crippen LogP contribution is -2.43. The lowest BCUT2D eigenvalue weighted by molar-refractivity contribution is -0.140. The number of nitrogens with zero attached hydrogens (tertiary/aromatic N) is 4. The van der Waals surface area contributed by atoms with Crippen LogP contribution in [0.3, 0.4) is 0 Å². The van der Waals surface area contributed by atoms with Crippen molar-refractivity contribution in [2.24, 2.45) is 0 Å². The van der Waals surface area contributed by atoms with Gasteiger partial charge in [-0.1, -0.05) is 38.0 Å². The zero-order chi connectivity index (χ0) is 27.2. The molecule has 3 aromatic rings. The van der Waals surface area contributed by atoms with Gasteiger partial charge in [0.1, 0.15) is 17.3 Å². The number of hydrogen-bond donors (Lipinski definition) is 0. The fraction of sp³-hybridized carbons (Fsp3) is 0.267. The van der Waals surface area contributed by atoms with Crippen LogP contribution in [0.5, 0.6) is 11.5 Å². The van der Waals surface area contributed by atoms with Crippen LogP contribution in [0.4, 0.5) is 0 Å². The molecule has 8 heteroatoms. The smallest absolute Gasteiger partial charge is 0.271 e. The molecular weight excluding hydrogens is 480 g/mol. The first-order valence-corrected chi connectivity index (χ1v) is 12.5. The Bertz CT molecular complexity index is 1460. The third-order valence-corrected chi connectivity index (χ3v) is 6.53. The van der Waals surface area contributed by atoms with Gasteiger partial charge in [-0.3, -0.25) is 14.5 Å². The number of hydrogen-bond acceptors (Lipinski definition) is 6. The Labute approximate surface area is 222 Å². The highest BCUT2D eigenvalue weighted by molar-refractivity contribution is 6.19. The van der Waals surface area contributed by atoms with Gasteiger partial charge in [-0.2, -0.15) is 10.4 Å². The summed E-state index contributed by atoms with van der Waals surface area (Å²) in [5.41, 5.74) is 3.50. The summed E-state index contributed by atoms with van der Waals surface area (Å²) >= 11 is 0. The summed E-state index contributed by atoms with van der Waals surface area (Å²) in [7, 11) is 3.14. The minimum Gasteiger partial charge on any atom is -0.493 e. The lowest BCUT2D eigenvalue weighted by atomic mass is 9.93. The number of benzene rings is 2. The molecular formula is C30H30N4O4. The van der Waals surface area contributed by atoms with Crippen molar-refractivity contribution >= 4 is 17.9 Å². The van der Waals surface area contributed by atoms with Crippen LogP contribution in [0, 0.1) is 11.3 Å². The van der Waals surface area contributed by atoms with Gasteiger partial charge in [0.15, 0.2) is 11.5 Å². The van der Waals surface area contributed by atoms with E-state index in [2.05, 4.69) is 6.92 Å². The SMILES string of the molecule is CCCCCN1C(=O)C(C#N)=C(C)/C(=C\c2cn(-c3ccccc3)nc2-c2ccc(OC)c(OC)c2)C1=O. The zero-order valence-corrected chi connectivity index (χ0v) is 22.0. The van der Waals surface area contributed by atoms with Gasteiger partial charge in [-0.15, -0.1) is 0 Å². The molecule has 2 amide bonds. The molecule has 1 aliphatic rings. The van der Waals surface area contributed by atoms with E-state index in [0.29, 0.717) is 40.3 Å². The van der Waals surface area contributed by atoms with Crippen LogP contribution in [0.15, 0.2) is 71.4 Å². The highest BCUT2D eigenvalue weighted by Crippen LogP contribution is 2.35. The largest absolute Gasteiger partial charge is 0.493 e. The Hall–Kier alpha value is -4.64. The van der Waals surface area contributed by atoms with Gasteiger partial charge < -0.3 is 9.47 Å². The van der Waals surface area contributed by atoms with E-state index < -0.39 is 11.8 Å². The molecule has 38 heavy (non-hydrogen) atoms. The molecule has 0 aliphatic carbocycles. The average molecular weight is 511 g/mol. The Morgan fingerprint density at radius 2 is 1.74 bits per heavy atom. The average Bonchev–Trinajstić information content (AvgIpc) is 3.37. The van der Waals surface area contributed by atoms with Crippen LogP contribution in [-0.2, 0) is 9.59 Å². The molecule has 0 radical (unpaired) electrons. The summed E-state index contributed by atoms with van der Waals surface area (Å²) < 4.78 is 12.6. The molecule has 0 atom stereocenters. The second kappa shape index (κ2) is 11.6. The van der Waals surface area contributed by atoms with Crippen molar-refractivity contribution in [2.75, 3.05) is 20.8 Å². The van der Waals surface area contributed by atoms with Crippen LogP contribution in [0.2, 0.25) is 0 Å². The van der Waals surface area contributed by atoms with Crippen LogP contribution in [-0.4, -0.2) is 47.3 Å². The fourth-order valence-corrected chi connectivity index (χ4v) is 4.42. The number of rotatable bonds is 9. The number of carbonyl (C=O) groups excluding carboxylic acids is 2. The molecule has 0 saturated heterocycles. The third kappa shape index (κ3) is 5.09. The number of ether oxygens (including phenoxy) is 2. The summed E-state index contributed by atoms with van der Waals surface area (Å²) in [5, 5.41) is 14.6. The molecule has 8 nitrogen and oxygen atoms in total. The van der Waals surface area contributed by atoms with E-state index in [-0.39, 0.29) is 12.1 Å². The maximum Gasteiger partial charge on any atom is 0.271 e. The molecule has 194 valence electrons. The first-order valence-electron chi connectivity index (χ1n) is 12.5. The second-order valence-corrected chi connectivity index (χ2v) is 8.92. The maximum absolute atomic E-state index is 13.5. The van der Waals surface area contributed by atoms with Crippen molar-refractivity contribution in [3.63, 3.8) is 0 Å². The van der Waals surface area contributed by atoms with Crippen molar-refractivity contribution in [1.82, 2.24) is 14.7 Å². The summed E-state index contributed by atoms with van der Waals surface area (Å²) in [4.78, 5) is 27.7. The van der Waals surface area contributed by atoms with Crippen molar-refractivity contribution < 1.29 is 19.1 Å².